The molecule has 0 aromatic heterocycles. The Morgan fingerprint density at radius 2 is 2.05 bits per heavy atom. The first-order valence-corrected chi connectivity index (χ1v) is 7.68. The number of rotatable bonds is 5. The molecule has 1 aliphatic rings. The van der Waals surface area contributed by atoms with Gasteiger partial charge in [0.15, 0.2) is 0 Å². The van der Waals surface area contributed by atoms with E-state index < -0.39 is 0 Å². The van der Waals surface area contributed by atoms with Gasteiger partial charge in [0.25, 0.3) is 0 Å². The molecule has 1 saturated heterocycles. The monoisotopic (exact) mass is 277 g/mol. The van der Waals surface area contributed by atoms with E-state index in [1.807, 2.05) is 26.0 Å². The van der Waals surface area contributed by atoms with Crippen molar-refractivity contribution in [2.45, 2.75) is 58.3 Å². The summed E-state index contributed by atoms with van der Waals surface area (Å²) >= 11 is 0. The Morgan fingerprint density at radius 3 is 2.65 bits per heavy atom. The molecule has 0 bridgehead atoms. The fraction of sp³-hybridized carbons (Fsp3) is 0.647. The lowest BCUT2D eigenvalue weighted by Crippen LogP contribution is -2.43. The van der Waals surface area contributed by atoms with Crippen LogP contribution in [0.3, 0.4) is 0 Å². The Labute approximate surface area is 122 Å². The van der Waals surface area contributed by atoms with Crippen LogP contribution in [0.1, 0.15) is 46.1 Å². The fourth-order valence-electron chi connectivity index (χ4n) is 2.88. The summed E-state index contributed by atoms with van der Waals surface area (Å²) < 4.78 is 11.8. The number of nitrogens with one attached hydrogen (secondary N) is 1. The first kappa shape index (κ1) is 15.3. The normalized spacial score (nSPS) is 26.8. The van der Waals surface area contributed by atoms with Crippen LogP contribution in [0.2, 0.25) is 0 Å². The summed E-state index contributed by atoms with van der Waals surface area (Å²) in [5.74, 6) is 0.923. The molecule has 2 rings (SSSR count). The van der Waals surface area contributed by atoms with Crippen LogP contribution in [0, 0.1) is 0 Å². The Bertz CT molecular complexity index is 414. The van der Waals surface area contributed by atoms with Gasteiger partial charge in [0, 0.05) is 12.6 Å². The average molecular weight is 277 g/mol. The molecule has 3 heteroatoms. The SMILES string of the molecule is CCNC1CCOC(C)(c2ccc(OC(C)C)cc2)C1. The predicted octanol–water partition coefficient (Wildman–Crippen LogP) is 3.48. The first-order valence-electron chi connectivity index (χ1n) is 7.68. The van der Waals surface area contributed by atoms with E-state index in [2.05, 4.69) is 31.3 Å². The third kappa shape index (κ3) is 3.74. The Hall–Kier alpha value is -1.06. The summed E-state index contributed by atoms with van der Waals surface area (Å²) in [6.45, 7) is 10.3. The largest absolute Gasteiger partial charge is 0.491 e. The molecule has 0 saturated carbocycles. The lowest BCUT2D eigenvalue weighted by atomic mass is 9.85. The summed E-state index contributed by atoms with van der Waals surface area (Å²) in [4.78, 5) is 0. The molecule has 1 fully saturated rings. The zero-order valence-corrected chi connectivity index (χ0v) is 13.1. The predicted molar refractivity (Wildman–Crippen MR) is 82.2 cm³/mol. The van der Waals surface area contributed by atoms with Crippen molar-refractivity contribution in [3.63, 3.8) is 0 Å². The van der Waals surface area contributed by atoms with Crippen LogP contribution in [0.15, 0.2) is 24.3 Å². The molecule has 0 amide bonds. The minimum absolute atomic E-state index is 0.193. The van der Waals surface area contributed by atoms with E-state index in [1.165, 1.54) is 5.56 Å². The Kier molecular flexibility index (Phi) is 5.06. The number of benzene rings is 1. The van der Waals surface area contributed by atoms with Crippen LogP contribution in [0.25, 0.3) is 0 Å². The minimum atomic E-state index is -0.193. The molecule has 20 heavy (non-hydrogen) atoms. The van der Waals surface area contributed by atoms with E-state index >= 15 is 0 Å². The highest BCUT2D eigenvalue weighted by molar-refractivity contribution is 5.31. The molecule has 3 nitrogen and oxygen atoms in total. The molecule has 0 aliphatic carbocycles. The fourth-order valence-corrected chi connectivity index (χ4v) is 2.88. The lowest BCUT2D eigenvalue weighted by molar-refractivity contribution is -0.0810. The lowest BCUT2D eigenvalue weighted by Gasteiger charge is -2.39. The van der Waals surface area contributed by atoms with E-state index in [0.717, 1.165) is 31.7 Å². The van der Waals surface area contributed by atoms with Crippen LogP contribution in [0.4, 0.5) is 0 Å². The van der Waals surface area contributed by atoms with Gasteiger partial charge in [-0.25, -0.2) is 0 Å². The molecule has 112 valence electrons. The zero-order chi connectivity index (χ0) is 14.6. The molecule has 0 spiro atoms. The van der Waals surface area contributed by atoms with Gasteiger partial charge in [0.1, 0.15) is 5.75 Å². The summed E-state index contributed by atoms with van der Waals surface area (Å²) in [5, 5.41) is 3.54. The summed E-state index contributed by atoms with van der Waals surface area (Å²) in [7, 11) is 0. The van der Waals surface area contributed by atoms with Crippen molar-refractivity contribution in [2.75, 3.05) is 13.2 Å². The van der Waals surface area contributed by atoms with E-state index in [0.29, 0.717) is 6.04 Å². The Balaban J connectivity index is 2.08. The highest BCUT2D eigenvalue weighted by atomic mass is 16.5. The zero-order valence-electron chi connectivity index (χ0n) is 13.1. The quantitative estimate of drug-likeness (QED) is 0.894. The van der Waals surface area contributed by atoms with Crippen molar-refractivity contribution in [1.82, 2.24) is 5.32 Å². The molecular formula is C17H27NO2. The highest BCUT2D eigenvalue weighted by Gasteiger charge is 2.34. The summed E-state index contributed by atoms with van der Waals surface area (Å²) in [6.07, 6.45) is 2.32. The van der Waals surface area contributed by atoms with Crippen LogP contribution in [-0.4, -0.2) is 25.3 Å². The molecule has 1 aliphatic heterocycles. The topological polar surface area (TPSA) is 30.5 Å². The van der Waals surface area contributed by atoms with Gasteiger partial charge in [-0.1, -0.05) is 19.1 Å². The van der Waals surface area contributed by atoms with Crippen LogP contribution in [0.5, 0.6) is 5.75 Å². The number of hydrogen-bond donors (Lipinski definition) is 1. The van der Waals surface area contributed by atoms with Crippen molar-refractivity contribution < 1.29 is 9.47 Å². The molecule has 1 aromatic rings. The molecule has 1 aromatic carbocycles. The van der Waals surface area contributed by atoms with Crippen molar-refractivity contribution >= 4 is 0 Å². The molecule has 2 atom stereocenters. The standard InChI is InChI=1S/C17H27NO2/c1-5-18-15-10-11-19-17(4,12-15)14-6-8-16(9-7-14)20-13(2)3/h6-9,13,15,18H,5,10-12H2,1-4H3. The Morgan fingerprint density at radius 1 is 1.35 bits per heavy atom. The van der Waals surface area contributed by atoms with E-state index in [-0.39, 0.29) is 11.7 Å². The highest BCUT2D eigenvalue weighted by Crippen LogP contribution is 2.35. The molecule has 2 unspecified atom stereocenters. The maximum Gasteiger partial charge on any atom is 0.119 e. The van der Waals surface area contributed by atoms with Gasteiger partial charge in [0.2, 0.25) is 0 Å². The van der Waals surface area contributed by atoms with Gasteiger partial charge in [-0.05, 0) is 57.9 Å². The number of ether oxygens (including phenoxy) is 2. The van der Waals surface area contributed by atoms with Gasteiger partial charge in [-0.2, -0.15) is 0 Å². The second-order valence-electron chi connectivity index (χ2n) is 6.02. The van der Waals surface area contributed by atoms with Crippen LogP contribution in [-0.2, 0) is 10.3 Å². The first-order chi connectivity index (χ1) is 9.53. The maximum absolute atomic E-state index is 6.07. The van der Waals surface area contributed by atoms with Gasteiger partial charge >= 0.3 is 0 Å². The molecule has 0 radical (unpaired) electrons. The van der Waals surface area contributed by atoms with Crippen molar-refractivity contribution in [2.24, 2.45) is 0 Å². The minimum Gasteiger partial charge on any atom is -0.491 e. The van der Waals surface area contributed by atoms with Gasteiger partial charge in [0.05, 0.1) is 11.7 Å². The molecule has 1 heterocycles. The molecular weight excluding hydrogens is 250 g/mol. The maximum atomic E-state index is 6.07. The number of hydrogen-bond acceptors (Lipinski definition) is 3. The second kappa shape index (κ2) is 6.59. The second-order valence-corrected chi connectivity index (χ2v) is 6.02. The van der Waals surface area contributed by atoms with Crippen LogP contribution < -0.4 is 10.1 Å². The van der Waals surface area contributed by atoms with Crippen molar-refractivity contribution in [1.29, 1.82) is 0 Å². The van der Waals surface area contributed by atoms with Gasteiger partial charge in [-0.15, -0.1) is 0 Å². The third-order valence-corrected chi connectivity index (χ3v) is 3.85. The molecule has 1 N–H and O–H groups in total. The van der Waals surface area contributed by atoms with Crippen LogP contribution >= 0.6 is 0 Å². The third-order valence-electron chi connectivity index (χ3n) is 3.85. The van der Waals surface area contributed by atoms with E-state index in [4.69, 9.17) is 9.47 Å². The van der Waals surface area contributed by atoms with Crippen molar-refractivity contribution in [3.8, 4) is 5.75 Å². The van der Waals surface area contributed by atoms with E-state index in [9.17, 15) is 0 Å². The van der Waals surface area contributed by atoms with Gasteiger partial charge in [-0.3, -0.25) is 0 Å². The average Bonchev–Trinajstić information content (AvgIpc) is 2.39. The van der Waals surface area contributed by atoms with E-state index in [1.54, 1.807) is 0 Å². The summed E-state index contributed by atoms with van der Waals surface area (Å²) in [5.41, 5.74) is 1.04. The van der Waals surface area contributed by atoms with Gasteiger partial charge < -0.3 is 14.8 Å². The van der Waals surface area contributed by atoms with Crippen molar-refractivity contribution in [3.05, 3.63) is 29.8 Å². The smallest absolute Gasteiger partial charge is 0.119 e. The summed E-state index contributed by atoms with van der Waals surface area (Å²) in [6, 6.07) is 8.89.